The molecular weight excluding hydrogens is 326 g/mol. The number of β-amino-alcohol motifs (C(OH)–C–C–N with tert-alkyl or cyclic N) is 1. The van der Waals surface area contributed by atoms with E-state index in [9.17, 15) is 9.90 Å². The molecule has 0 radical (unpaired) electrons. The maximum Gasteiger partial charge on any atom is 0.251 e. The molecule has 1 unspecified atom stereocenters. The molecule has 1 aliphatic heterocycles. The van der Waals surface area contributed by atoms with Gasteiger partial charge in [0.15, 0.2) is 0 Å². The van der Waals surface area contributed by atoms with Crippen LogP contribution in [0.2, 0.25) is 0 Å². The van der Waals surface area contributed by atoms with E-state index in [0.717, 1.165) is 19.5 Å². The first-order chi connectivity index (χ1) is 12.7. The molecule has 0 aliphatic carbocycles. The van der Waals surface area contributed by atoms with Gasteiger partial charge in [-0.2, -0.15) is 5.26 Å². The summed E-state index contributed by atoms with van der Waals surface area (Å²) in [5, 5.41) is 22.0. The van der Waals surface area contributed by atoms with Gasteiger partial charge in [0, 0.05) is 31.7 Å². The Labute approximate surface area is 153 Å². The molecular formula is C21H23N3O2. The average Bonchev–Trinajstić information content (AvgIpc) is 2.67. The normalized spacial score (nSPS) is 14.9. The number of hydrogen-bond donors (Lipinski definition) is 2. The largest absolute Gasteiger partial charge is 0.392 e. The van der Waals surface area contributed by atoms with Crippen molar-refractivity contribution in [1.82, 2.24) is 10.2 Å². The summed E-state index contributed by atoms with van der Waals surface area (Å²) in [5.41, 5.74) is 3.65. The van der Waals surface area contributed by atoms with Crippen LogP contribution in [-0.2, 0) is 13.0 Å². The van der Waals surface area contributed by atoms with Gasteiger partial charge < -0.3 is 10.4 Å². The van der Waals surface area contributed by atoms with Crippen LogP contribution in [0, 0.1) is 11.3 Å². The van der Waals surface area contributed by atoms with Crippen LogP contribution in [0.3, 0.4) is 0 Å². The highest BCUT2D eigenvalue weighted by Crippen LogP contribution is 2.18. The zero-order valence-corrected chi connectivity index (χ0v) is 14.7. The second kappa shape index (κ2) is 8.61. The van der Waals surface area contributed by atoms with Crippen molar-refractivity contribution in [1.29, 1.82) is 5.26 Å². The molecule has 5 heteroatoms. The quantitative estimate of drug-likeness (QED) is 0.837. The van der Waals surface area contributed by atoms with E-state index in [1.807, 2.05) is 6.07 Å². The number of fused-ring (bicyclic) bond motifs is 1. The molecule has 0 saturated carbocycles. The zero-order chi connectivity index (χ0) is 18.4. The Bertz CT molecular complexity index is 813. The predicted molar refractivity (Wildman–Crippen MR) is 99.5 cm³/mol. The van der Waals surface area contributed by atoms with Gasteiger partial charge in [-0.1, -0.05) is 30.3 Å². The van der Waals surface area contributed by atoms with Crippen LogP contribution in [0.15, 0.2) is 48.5 Å². The third-order valence-corrected chi connectivity index (χ3v) is 4.70. The lowest BCUT2D eigenvalue weighted by Gasteiger charge is -2.30. The van der Waals surface area contributed by atoms with E-state index >= 15 is 0 Å². The van der Waals surface area contributed by atoms with E-state index in [4.69, 9.17) is 5.26 Å². The fraction of sp³-hybridized carbons (Fsp3) is 0.333. The number of nitrogens with zero attached hydrogens (tertiary/aromatic N) is 2. The van der Waals surface area contributed by atoms with Gasteiger partial charge in [0.25, 0.3) is 5.91 Å². The Morgan fingerprint density at radius 2 is 2.04 bits per heavy atom. The summed E-state index contributed by atoms with van der Waals surface area (Å²) in [5.74, 6) is -0.221. The Kier molecular flexibility index (Phi) is 6.00. The number of aliphatic hydroxyl groups is 1. The second-order valence-corrected chi connectivity index (χ2v) is 6.64. The molecule has 0 bridgehead atoms. The van der Waals surface area contributed by atoms with E-state index in [1.54, 1.807) is 24.3 Å². The SMILES string of the molecule is N#Cc1cccc(C(=O)NCCC(O)CN2CCc3ccccc3C2)c1. The third-order valence-electron chi connectivity index (χ3n) is 4.70. The van der Waals surface area contributed by atoms with Crippen LogP contribution in [0.25, 0.3) is 0 Å². The summed E-state index contributed by atoms with van der Waals surface area (Å²) < 4.78 is 0. The van der Waals surface area contributed by atoms with Gasteiger partial charge in [0.2, 0.25) is 0 Å². The fourth-order valence-electron chi connectivity index (χ4n) is 3.28. The smallest absolute Gasteiger partial charge is 0.251 e. The van der Waals surface area contributed by atoms with Gasteiger partial charge in [-0.25, -0.2) is 0 Å². The topological polar surface area (TPSA) is 76.4 Å². The monoisotopic (exact) mass is 349 g/mol. The number of nitriles is 1. The highest BCUT2D eigenvalue weighted by molar-refractivity contribution is 5.94. The van der Waals surface area contributed by atoms with Crippen molar-refractivity contribution < 1.29 is 9.90 Å². The number of amides is 1. The lowest BCUT2D eigenvalue weighted by molar-refractivity contribution is 0.0892. The van der Waals surface area contributed by atoms with Gasteiger partial charge >= 0.3 is 0 Å². The van der Waals surface area contributed by atoms with Crippen LogP contribution in [0.4, 0.5) is 0 Å². The molecule has 3 rings (SSSR count). The molecule has 0 aromatic heterocycles. The average molecular weight is 349 g/mol. The van der Waals surface area contributed by atoms with Gasteiger partial charge in [0.05, 0.1) is 17.7 Å². The second-order valence-electron chi connectivity index (χ2n) is 6.64. The predicted octanol–water partition coefficient (Wildman–Crippen LogP) is 2.10. The summed E-state index contributed by atoms with van der Waals surface area (Å²) in [6, 6.07) is 17.1. The minimum absolute atomic E-state index is 0.221. The molecule has 2 aromatic rings. The van der Waals surface area contributed by atoms with Gasteiger partial charge in [0.1, 0.15) is 0 Å². The van der Waals surface area contributed by atoms with Crippen LogP contribution >= 0.6 is 0 Å². The van der Waals surface area contributed by atoms with E-state index < -0.39 is 6.10 Å². The van der Waals surface area contributed by atoms with E-state index in [-0.39, 0.29) is 5.91 Å². The molecule has 1 heterocycles. The molecule has 2 aromatic carbocycles. The van der Waals surface area contributed by atoms with Crippen molar-refractivity contribution in [3.63, 3.8) is 0 Å². The molecule has 1 aliphatic rings. The minimum Gasteiger partial charge on any atom is -0.392 e. The van der Waals surface area contributed by atoms with E-state index in [2.05, 4.69) is 34.5 Å². The number of benzene rings is 2. The minimum atomic E-state index is -0.481. The summed E-state index contributed by atoms with van der Waals surface area (Å²) in [4.78, 5) is 14.4. The summed E-state index contributed by atoms with van der Waals surface area (Å²) in [6.07, 6.45) is 1.03. The molecule has 5 nitrogen and oxygen atoms in total. The van der Waals surface area contributed by atoms with E-state index in [1.165, 1.54) is 11.1 Å². The first-order valence-electron chi connectivity index (χ1n) is 8.91. The number of hydrogen-bond acceptors (Lipinski definition) is 4. The maximum atomic E-state index is 12.1. The maximum absolute atomic E-state index is 12.1. The van der Waals surface area contributed by atoms with Crippen LogP contribution in [0.5, 0.6) is 0 Å². The Morgan fingerprint density at radius 1 is 1.23 bits per heavy atom. The number of carbonyl (C=O) groups is 1. The number of rotatable bonds is 6. The van der Waals surface area contributed by atoms with Crippen LogP contribution < -0.4 is 5.32 Å². The Balaban J connectivity index is 1.42. The third kappa shape index (κ3) is 4.69. The van der Waals surface area contributed by atoms with Gasteiger partial charge in [-0.15, -0.1) is 0 Å². The van der Waals surface area contributed by atoms with Crippen molar-refractivity contribution in [2.75, 3.05) is 19.6 Å². The van der Waals surface area contributed by atoms with Crippen LogP contribution in [-0.4, -0.2) is 41.7 Å². The molecule has 1 amide bonds. The van der Waals surface area contributed by atoms with Gasteiger partial charge in [-0.3, -0.25) is 9.69 Å². The Hall–Kier alpha value is -2.68. The molecule has 26 heavy (non-hydrogen) atoms. The number of carbonyl (C=O) groups excluding carboxylic acids is 1. The molecule has 1 atom stereocenters. The van der Waals surface area contributed by atoms with E-state index in [0.29, 0.717) is 30.6 Å². The number of aliphatic hydroxyl groups excluding tert-OH is 1. The Morgan fingerprint density at radius 3 is 2.85 bits per heavy atom. The fourth-order valence-corrected chi connectivity index (χ4v) is 3.28. The summed E-state index contributed by atoms with van der Waals surface area (Å²) in [6.45, 7) is 2.82. The van der Waals surface area contributed by atoms with Crippen molar-refractivity contribution in [2.45, 2.75) is 25.5 Å². The standard InChI is InChI=1S/C21H23N3O2/c22-13-16-4-3-7-18(12-16)21(26)23-10-8-20(25)15-24-11-9-17-5-1-2-6-19(17)14-24/h1-7,12,20,25H,8-11,14-15H2,(H,23,26). The number of nitrogens with one attached hydrogen (secondary N) is 1. The first kappa shape index (κ1) is 18.1. The highest BCUT2D eigenvalue weighted by Gasteiger charge is 2.18. The highest BCUT2D eigenvalue weighted by atomic mass is 16.3. The molecule has 2 N–H and O–H groups in total. The van der Waals surface area contributed by atoms with Gasteiger partial charge in [-0.05, 0) is 42.2 Å². The zero-order valence-electron chi connectivity index (χ0n) is 14.7. The lowest BCUT2D eigenvalue weighted by atomic mass is 9.99. The molecule has 0 fully saturated rings. The summed E-state index contributed by atoms with van der Waals surface area (Å²) >= 11 is 0. The molecule has 134 valence electrons. The van der Waals surface area contributed by atoms with Crippen molar-refractivity contribution >= 4 is 5.91 Å². The summed E-state index contributed by atoms with van der Waals surface area (Å²) in [7, 11) is 0. The van der Waals surface area contributed by atoms with Crippen molar-refractivity contribution in [3.8, 4) is 6.07 Å². The first-order valence-corrected chi connectivity index (χ1v) is 8.91. The van der Waals surface area contributed by atoms with Crippen LogP contribution in [0.1, 0.15) is 33.5 Å². The molecule has 0 spiro atoms. The lowest BCUT2D eigenvalue weighted by Crippen LogP contribution is -2.38. The van der Waals surface area contributed by atoms with Crippen molar-refractivity contribution in [2.24, 2.45) is 0 Å². The molecule has 0 saturated heterocycles. The van der Waals surface area contributed by atoms with Crippen molar-refractivity contribution in [3.05, 3.63) is 70.8 Å².